The third-order valence-corrected chi connectivity index (χ3v) is 6.27. The molecule has 0 spiro atoms. The average molecular weight is 500 g/mol. The minimum atomic E-state index is -0.662. The molecule has 2 aromatic carbocycles. The number of fused-ring (bicyclic) bond motifs is 1. The molecule has 0 aliphatic rings. The number of hydrogen-bond donors (Lipinski definition) is 2. The Balaban J connectivity index is 1.92. The zero-order valence-corrected chi connectivity index (χ0v) is 18.8. The summed E-state index contributed by atoms with van der Waals surface area (Å²) in [5.41, 5.74) is 1.51. The highest BCUT2D eigenvalue weighted by Gasteiger charge is 2.24. The van der Waals surface area contributed by atoms with Gasteiger partial charge in [0.1, 0.15) is 17.1 Å². The van der Waals surface area contributed by atoms with Crippen molar-refractivity contribution in [2.45, 2.75) is 6.04 Å². The minimum Gasteiger partial charge on any atom is -0.505 e. The molecular weight excluding hydrogens is 488 g/mol. The van der Waals surface area contributed by atoms with Crippen molar-refractivity contribution in [2.24, 2.45) is 0 Å². The van der Waals surface area contributed by atoms with Gasteiger partial charge in [0.15, 0.2) is 0 Å². The van der Waals surface area contributed by atoms with Crippen molar-refractivity contribution in [3.05, 3.63) is 91.1 Å². The molecule has 0 amide bonds. The van der Waals surface area contributed by atoms with E-state index in [0.717, 1.165) is 5.39 Å². The topological polar surface area (TPSA) is 58.0 Å². The third-order valence-electron chi connectivity index (χ3n) is 4.52. The molecule has 0 aliphatic heterocycles. The molecule has 0 saturated heterocycles. The van der Waals surface area contributed by atoms with Gasteiger partial charge in [-0.15, -0.1) is 0 Å². The van der Waals surface area contributed by atoms with Gasteiger partial charge in [-0.1, -0.05) is 76.2 Å². The lowest BCUT2D eigenvalue weighted by Crippen LogP contribution is -2.14. The number of aromatic hydroxyl groups is 1. The lowest BCUT2D eigenvalue weighted by molar-refractivity contribution is 0.471. The first-order valence-corrected chi connectivity index (χ1v) is 10.5. The van der Waals surface area contributed by atoms with E-state index in [1.807, 2.05) is 12.1 Å². The van der Waals surface area contributed by atoms with Gasteiger partial charge in [-0.3, -0.25) is 4.98 Å². The number of phenols is 1. The number of aromatic nitrogens is 2. The highest BCUT2D eigenvalue weighted by molar-refractivity contribution is 6.44. The van der Waals surface area contributed by atoms with E-state index in [9.17, 15) is 5.11 Å². The molecule has 0 bridgehead atoms. The van der Waals surface area contributed by atoms with Crippen LogP contribution in [0.3, 0.4) is 0 Å². The van der Waals surface area contributed by atoms with Gasteiger partial charge in [0.2, 0.25) is 0 Å². The summed E-state index contributed by atoms with van der Waals surface area (Å²) in [6.07, 6.45) is 3.04. The van der Waals surface area contributed by atoms with E-state index in [1.54, 1.807) is 36.5 Å². The van der Waals surface area contributed by atoms with Crippen LogP contribution < -0.4 is 5.32 Å². The van der Waals surface area contributed by atoms with Crippen LogP contribution in [0.2, 0.25) is 25.1 Å². The predicted octanol–water partition coefficient (Wildman–Crippen LogP) is 7.80. The molecule has 30 heavy (non-hydrogen) atoms. The second-order valence-electron chi connectivity index (χ2n) is 6.43. The first-order valence-electron chi connectivity index (χ1n) is 8.63. The van der Waals surface area contributed by atoms with E-state index in [-0.39, 0.29) is 10.8 Å². The van der Waals surface area contributed by atoms with E-state index in [1.165, 1.54) is 6.20 Å². The largest absolute Gasteiger partial charge is 0.505 e. The summed E-state index contributed by atoms with van der Waals surface area (Å²) in [5, 5.41) is 16.7. The van der Waals surface area contributed by atoms with Gasteiger partial charge in [0, 0.05) is 40.0 Å². The Labute approximate surface area is 197 Å². The number of pyridine rings is 2. The summed E-state index contributed by atoms with van der Waals surface area (Å²) in [5.74, 6) is 0.417. The molecule has 4 nitrogen and oxygen atoms in total. The molecule has 4 aromatic rings. The average Bonchev–Trinajstić information content (AvgIpc) is 2.72. The lowest BCUT2D eigenvalue weighted by atomic mass is 9.96. The minimum absolute atomic E-state index is 0.00201. The zero-order chi connectivity index (χ0) is 21.4. The van der Waals surface area contributed by atoms with Crippen molar-refractivity contribution in [2.75, 3.05) is 5.32 Å². The van der Waals surface area contributed by atoms with Crippen LogP contribution in [0.15, 0.2) is 54.9 Å². The number of rotatable bonds is 4. The molecule has 1 unspecified atom stereocenters. The fourth-order valence-electron chi connectivity index (χ4n) is 3.13. The summed E-state index contributed by atoms with van der Waals surface area (Å²) < 4.78 is 0. The fourth-order valence-corrected chi connectivity index (χ4v) is 4.11. The van der Waals surface area contributed by atoms with Crippen molar-refractivity contribution in [1.82, 2.24) is 9.97 Å². The molecule has 2 heterocycles. The van der Waals surface area contributed by atoms with Crippen LogP contribution in [0, 0.1) is 0 Å². The summed E-state index contributed by atoms with van der Waals surface area (Å²) in [7, 11) is 0. The Morgan fingerprint density at radius 1 is 0.833 bits per heavy atom. The molecule has 0 saturated carbocycles. The first kappa shape index (κ1) is 21.3. The molecule has 1 atom stereocenters. The number of phenolic OH excluding ortho intramolecular Hbond substituents is 1. The van der Waals surface area contributed by atoms with E-state index in [2.05, 4.69) is 15.3 Å². The molecule has 0 fully saturated rings. The molecule has 0 aliphatic carbocycles. The Kier molecular flexibility index (Phi) is 6.14. The molecule has 152 valence electrons. The maximum absolute atomic E-state index is 11.0. The fraction of sp³-hybridized carbons (Fsp3) is 0.0476. The van der Waals surface area contributed by atoms with Gasteiger partial charge in [-0.25, -0.2) is 4.98 Å². The Bertz CT molecular complexity index is 1270. The third kappa shape index (κ3) is 4.11. The van der Waals surface area contributed by atoms with Crippen molar-refractivity contribution in [3.63, 3.8) is 0 Å². The van der Waals surface area contributed by atoms with Crippen LogP contribution in [0.25, 0.3) is 10.9 Å². The second-order valence-corrected chi connectivity index (χ2v) is 8.47. The van der Waals surface area contributed by atoms with Gasteiger partial charge >= 0.3 is 0 Å². The van der Waals surface area contributed by atoms with Gasteiger partial charge in [-0.05, 0) is 18.2 Å². The smallest absolute Gasteiger partial charge is 0.147 e. The van der Waals surface area contributed by atoms with Gasteiger partial charge in [-0.2, -0.15) is 0 Å². The van der Waals surface area contributed by atoms with E-state index in [0.29, 0.717) is 42.6 Å². The Morgan fingerprint density at radius 3 is 2.40 bits per heavy atom. The monoisotopic (exact) mass is 497 g/mol. The summed E-state index contributed by atoms with van der Waals surface area (Å²) in [4.78, 5) is 8.55. The van der Waals surface area contributed by atoms with Crippen LogP contribution >= 0.6 is 58.0 Å². The van der Waals surface area contributed by atoms with Crippen LogP contribution in [-0.4, -0.2) is 15.1 Å². The van der Waals surface area contributed by atoms with Crippen LogP contribution in [-0.2, 0) is 0 Å². The van der Waals surface area contributed by atoms with E-state index < -0.39 is 6.04 Å². The van der Waals surface area contributed by atoms with Crippen LogP contribution in [0.1, 0.15) is 17.2 Å². The molecule has 9 heteroatoms. The first-order chi connectivity index (χ1) is 14.3. The molecule has 2 aromatic heterocycles. The van der Waals surface area contributed by atoms with Gasteiger partial charge in [0.25, 0.3) is 0 Å². The maximum atomic E-state index is 11.0. The van der Waals surface area contributed by atoms with Crippen molar-refractivity contribution in [3.8, 4) is 5.75 Å². The number of anilines is 1. The number of halogens is 5. The quantitative estimate of drug-likeness (QED) is 0.281. The molecule has 4 rings (SSSR count). The maximum Gasteiger partial charge on any atom is 0.147 e. The van der Waals surface area contributed by atoms with Crippen molar-refractivity contribution in [1.29, 1.82) is 0 Å². The SMILES string of the molecule is Oc1c(C(Nc2cc(Cl)c(Cl)cn2)c2cc(Cl)cc(Cl)c2Cl)ccc2cccnc12. The molecule has 0 radical (unpaired) electrons. The molecular formula is C21H12Cl5N3O. The van der Waals surface area contributed by atoms with Crippen molar-refractivity contribution >= 4 is 74.7 Å². The molecule has 2 N–H and O–H groups in total. The van der Waals surface area contributed by atoms with Gasteiger partial charge < -0.3 is 10.4 Å². The highest BCUT2D eigenvalue weighted by atomic mass is 35.5. The van der Waals surface area contributed by atoms with Crippen LogP contribution in [0.4, 0.5) is 5.82 Å². The summed E-state index contributed by atoms with van der Waals surface area (Å²) >= 11 is 31.1. The standard InChI is InChI=1S/C21H12Cl5N3O/c22-11-6-13(18(26)15(24)7-11)20(29-17-8-14(23)16(25)9-28-17)12-4-3-10-2-1-5-27-19(10)21(12)30/h1-9,20,30H,(H,28,29). The van der Waals surface area contributed by atoms with E-state index in [4.69, 9.17) is 58.0 Å². The number of hydrogen-bond acceptors (Lipinski definition) is 4. The normalized spacial score (nSPS) is 12.2. The summed E-state index contributed by atoms with van der Waals surface area (Å²) in [6.45, 7) is 0. The Morgan fingerprint density at radius 2 is 1.63 bits per heavy atom. The van der Waals surface area contributed by atoms with Crippen molar-refractivity contribution < 1.29 is 5.11 Å². The summed E-state index contributed by atoms with van der Waals surface area (Å²) in [6, 6.07) is 11.4. The number of nitrogens with one attached hydrogen (secondary N) is 1. The Hall–Kier alpha value is -1.95. The van der Waals surface area contributed by atoms with E-state index >= 15 is 0 Å². The predicted molar refractivity (Wildman–Crippen MR) is 125 cm³/mol. The van der Waals surface area contributed by atoms with Crippen LogP contribution in [0.5, 0.6) is 5.75 Å². The number of benzene rings is 2. The lowest BCUT2D eigenvalue weighted by Gasteiger charge is -2.23. The van der Waals surface area contributed by atoms with Gasteiger partial charge in [0.05, 0.1) is 26.1 Å². The zero-order valence-electron chi connectivity index (χ0n) is 15.0. The number of nitrogens with zero attached hydrogens (tertiary/aromatic N) is 2. The highest BCUT2D eigenvalue weighted by Crippen LogP contribution is 2.42. The second kappa shape index (κ2) is 8.66.